The van der Waals surface area contributed by atoms with E-state index in [1.807, 2.05) is 6.92 Å². The summed E-state index contributed by atoms with van der Waals surface area (Å²) in [7, 11) is 0. The van der Waals surface area contributed by atoms with Crippen LogP contribution in [0.4, 0.5) is 31.1 Å². The van der Waals surface area contributed by atoms with Gasteiger partial charge in [-0.1, -0.05) is 19.1 Å². The Hall–Kier alpha value is -3.28. The fraction of sp³-hybridized carbons (Fsp3) is 0.261. The molecular formula is C23H17F6N3O2S. The second-order valence-electron chi connectivity index (χ2n) is 7.82. The molecule has 0 unspecified atom stereocenters. The number of imide groups is 1. The molecular weight excluding hydrogens is 496 g/mol. The highest BCUT2D eigenvalue weighted by Gasteiger charge is 2.38. The van der Waals surface area contributed by atoms with Gasteiger partial charge in [0, 0.05) is 11.9 Å². The molecule has 4 rings (SSSR count). The summed E-state index contributed by atoms with van der Waals surface area (Å²) in [5.74, 6) is -0.389. The molecule has 0 N–H and O–H groups in total. The molecule has 0 aliphatic carbocycles. The minimum absolute atomic E-state index is 0.102. The van der Waals surface area contributed by atoms with Crippen molar-refractivity contribution in [1.82, 2.24) is 14.7 Å². The molecule has 0 radical (unpaired) electrons. The zero-order valence-electron chi connectivity index (χ0n) is 18.1. The lowest BCUT2D eigenvalue weighted by Crippen LogP contribution is -2.28. The zero-order chi connectivity index (χ0) is 25.5. The summed E-state index contributed by atoms with van der Waals surface area (Å²) >= 11 is 0.827. The number of nitrogens with zero attached hydrogens (tertiary/aromatic N) is 3. The van der Waals surface area contributed by atoms with Crippen LogP contribution in [0.5, 0.6) is 0 Å². The number of aromatic nitrogens is 2. The third kappa shape index (κ3) is 5.07. The number of thioether (sulfide) groups is 1. The van der Waals surface area contributed by atoms with E-state index in [-0.39, 0.29) is 27.7 Å². The van der Waals surface area contributed by atoms with Crippen molar-refractivity contribution in [2.75, 3.05) is 6.54 Å². The van der Waals surface area contributed by atoms with E-state index < -0.39 is 30.0 Å². The Kier molecular flexibility index (Phi) is 6.43. The average molecular weight is 513 g/mol. The lowest BCUT2D eigenvalue weighted by Gasteiger charge is -2.16. The highest BCUT2D eigenvalue weighted by molar-refractivity contribution is 8.18. The molecule has 1 fully saturated rings. The van der Waals surface area contributed by atoms with Crippen molar-refractivity contribution >= 4 is 39.9 Å². The average Bonchev–Trinajstić information content (AvgIpc) is 3.28. The van der Waals surface area contributed by atoms with E-state index >= 15 is 0 Å². The SMILES string of the molecule is CCCN1C(=O)S/C(=C\c2ccc3c(cnn3Cc3ccc(C(F)(F)F)cc3C(F)(F)F)c2)C1=O. The van der Waals surface area contributed by atoms with Crippen LogP contribution in [0.3, 0.4) is 0 Å². The van der Waals surface area contributed by atoms with Gasteiger partial charge in [0.1, 0.15) is 0 Å². The Balaban J connectivity index is 1.64. The van der Waals surface area contributed by atoms with Gasteiger partial charge in [-0.15, -0.1) is 0 Å². The van der Waals surface area contributed by atoms with E-state index in [0.29, 0.717) is 35.5 Å². The zero-order valence-corrected chi connectivity index (χ0v) is 18.9. The second-order valence-corrected chi connectivity index (χ2v) is 8.81. The smallest absolute Gasteiger partial charge is 0.268 e. The van der Waals surface area contributed by atoms with E-state index in [9.17, 15) is 35.9 Å². The molecule has 35 heavy (non-hydrogen) atoms. The van der Waals surface area contributed by atoms with Crippen LogP contribution >= 0.6 is 11.8 Å². The normalized spacial score (nSPS) is 16.2. The van der Waals surface area contributed by atoms with Crippen molar-refractivity contribution in [2.24, 2.45) is 0 Å². The number of amides is 2. The first-order valence-corrected chi connectivity index (χ1v) is 11.2. The van der Waals surface area contributed by atoms with E-state index in [4.69, 9.17) is 0 Å². The molecule has 2 heterocycles. The number of carbonyl (C=O) groups is 2. The van der Waals surface area contributed by atoms with Gasteiger partial charge in [-0.2, -0.15) is 31.4 Å². The molecule has 0 saturated carbocycles. The van der Waals surface area contributed by atoms with E-state index in [1.54, 1.807) is 24.3 Å². The topological polar surface area (TPSA) is 55.2 Å². The van der Waals surface area contributed by atoms with Crippen LogP contribution in [0.25, 0.3) is 17.0 Å². The van der Waals surface area contributed by atoms with E-state index in [2.05, 4.69) is 5.10 Å². The molecule has 0 bridgehead atoms. The standard InChI is InChI=1S/C23H17F6N3O2S/c1-2-7-31-20(33)19(35-21(31)34)9-13-3-6-18-15(8-13)11-30-32(18)12-14-4-5-16(22(24,25)26)10-17(14)23(27,28)29/h3-6,8-11H,2,7,12H2,1H3/b19-9-. The molecule has 0 spiro atoms. The van der Waals surface area contributed by atoms with Gasteiger partial charge in [-0.05, 0) is 59.7 Å². The molecule has 0 atom stereocenters. The van der Waals surface area contributed by atoms with Gasteiger partial charge >= 0.3 is 12.4 Å². The molecule has 184 valence electrons. The molecule has 5 nitrogen and oxygen atoms in total. The maximum Gasteiger partial charge on any atom is 0.416 e. The number of halogens is 6. The Morgan fingerprint density at radius 1 is 1.00 bits per heavy atom. The molecule has 1 aliphatic rings. The van der Waals surface area contributed by atoms with Crippen molar-refractivity contribution in [1.29, 1.82) is 0 Å². The van der Waals surface area contributed by atoms with Gasteiger partial charge in [0.2, 0.25) is 0 Å². The number of fused-ring (bicyclic) bond motifs is 1. The minimum Gasteiger partial charge on any atom is -0.268 e. The Bertz CT molecular complexity index is 1340. The van der Waals surface area contributed by atoms with Crippen LogP contribution in [-0.4, -0.2) is 32.4 Å². The summed E-state index contributed by atoms with van der Waals surface area (Å²) in [5, 5.41) is 4.29. The molecule has 1 aliphatic heterocycles. The summed E-state index contributed by atoms with van der Waals surface area (Å²) in [6.07, 6.45) is -6.29. The van der Waals surface area contributed by atoms with Crippen LogP contribution in [-0.2, 0) is 23.7 Å². The van der Waals surface area contributed by atoms with Crippen molar-refractivity contribution < 1.29 is 35.9 Å². The number of carbonyl (C=O) groups excluding carboxylic acids is 2. The number of benzene rings is 2. The summed E-state index contributed by atoms with van der Waals surface area (Å²) in [4.78, 5) is 25.8. The predicted octanol–water partition coefficient (Wildman–Crippen LogP) is 6.57. The first-order valence-electron chi connectivity index (χ1n) is 10.4. The molecule has 12 heteroatoms. The monoisotopic (exact) mass is 513 g/mol. The first kappa shape index (κ1) is 24.8. The second kappa shape index (κ2) is 9.06. The van der Waals surface area contributed by atoms with Crippen molar-refractivity contribution in [3.63, 3.8) is 0 Å². The van der Waals surface area contributed by atoms with Crippen molar-refractivity contribution in [3.05, 3.63) is 69.8 Å². The number of rotatable bonds is 5. The number of hydrogen-bond donors (Lipinski definition) is 0. The third-order valence-corrected chi connectivity index (χ3v) is 6.25. The highest BCUT2D eigenvalue weighted by Crippen LogP contribution is 2.38. The summed E-state index contributed by atoms with van der Waals surface area (Å²) < 4.78 is 80.5. The minimum atomic E-state index is -4.98. The number of hydrogen-bond acceptors (Lipinski definition) is 4. The van der Waals surface area contributed by atoms with Gasteiger partial charge in [-0.25, -0.2) is 0 Å². The lowest BCUT2D eigenvalue weighted by atomic mass is 10.0. The maximum absolute atomic E-state index is 13.5. The van der Waals surface area contributed by atoms with Crippen LogP contribution in [0, 0.1) is 0 Å². The Morgan fingerprint density at radius 3 is 2.40 bits per heavy atom. The van der Waals surface area contributed by atoms with Gasteiger partial charge in [0.15, 0.2) is 0 Å². The highest BCUT2D eigenvalue weighted by atomic mass is 32.2. The van der Waals surface area contributed by atoms with Gasteiger partial charge in [-0.3, -0.25) is 19.2 Å². The van der Waals surface area contributed by atoms with Crippen LogP contribution in [0.2, 0.25) is 0 Å². The van der Waals surface area contributed by atoms with E-state index in [1.165, 1.54) is 10.9 Å². The third-order valence-electron chi connectivity index (χ3n) is 5.35. The lowest BCUT2D eigenvalue weighted by molar-refractivity contribution is -0.143. The molecule has 2 aromatic carbocycles. The molecule has 2 amide bonds. The van der Waals surface area contributed by atoms with Gasteiger partial charge in [0.05, 0.1) is 34.3 Å². The first-order chi connectivity index (χ1) is 16.4. The Labute approximate surface area is 199 Å². The van der Waals surface area contributed by atoms with Crippen molar-refractivity contribution in [3.8, 4) is 0 Å². The quantitative estimate of drug-likeness (QED) is 0.286. The molecule has 1 aromatic heterocycles. The van der Waals surface area contributed by atoms with Crippen LogP contribution in [0.1, 0.15) is 35.6 Å². The van der Waals surface area contributed by atoms with Crippen LogP contribution in [0.15, 0.2) is 47.5 Å². The summed E-state index contributed by atoms with van der Waals surface area (Å²) in [6, 6.07) is 6.38. The number of alkyl halides is 6. The maximum atomic E-state index is 13.5. The fourth-order valence-corrected chi connectivity index (χ4v) is 4.57. The van der Waals surface area contributed by atoms with E-state index in [0.717, 1.165) is 22.7 Å². The predicted molar refractivity (Wildman–Crippen MR) is 118 cm³/mol. The largest absolute Gasteiger partial charge is 0.416 e. The van der Waals surface area contributed by atoms with Crippen LogP contribution < -0.4 is 0 Å². The molecule has 3 aromatic rings. The summed E-state index contributed by atoms with van der Waals surface area (Å²) in [5.41, 5.74) is -2.08. The van der Waals surface area contributed by atoms with Crippen molar-refractivity contribution in [2.45, 2.75) is 32.2 Å². The van der Waals surface area contributed by atoms with Gasteiger partial charge < -0.3 is 0 Å². The fourth-order valence-electron chi connectivity index (χ4n) is 3.70. The summed E-state index contributed by atoms with van der Waals surface area (Å²) in [6.45, 7) is 1.77. The van der Waals surface area contributed by atoms with Gasteiger partial charge in [0.25, 0.3) is 11.1 Å². The Morgan fingerprint density at radius 2 is 1.74 bits per heavy atom. The molecule has 1 saturated heterocycles.